The number of imide groups is 2. The Hall–Kier alpha value is -5.28. The zero-order valence-corrected chi connectivity index (χ0v) is 27.7. The van der Waals surface area contributed by atoms with Crippen molar-refractivity contribution in [3.8, 4) is 5.75 Å². The molecule has 9 nitrogen and oxygen atoms in total. The van der Waals surface area contributed by atoms with Crippen molar-refractivity contribution in [3.05, 3.63) is 108 Å². The van der Waals surface area contributed by atoms with E-state index < -0.39 is 35.0 Å². The predicted octanol–water partition coefficient (Wildman–Crippen LogP) is 5.82. The Balaban J connectivity index is 1.14. The molecule has 0 aromatic heterocycles. The van der Waals surface area contributed by atoms with Crippen LogP contribution in [0.1, 0.15) is 31.2 Å². The lowest BCUT2D eigenvalue weighted by molar-refractivity contribution is -0.131. The van der Waals surface area contributed by atoms with Crippen LogP contribution in [0.3, 0.4) is 0 Å². The Morgan fingerprint density at radius 3 is 2.16 bits per heavy atom. The first kappa shape index (κ1) is 30.8. The van der Waals surface area contributed by atoms with Crippen molar-refractivity contribution >= 4 is 51.5 Å². The third kappa shape index (κ3) is 4.29. The molecule has 0 spiro atoms. The molecule has 6 atom stereocenters. The standard InChI is InChI=1S/C41H37N3O6/c1-41-33(38(47)44(40(41)49)26-8-3-2-4-9-26)23-32-29(35(41)31-16-11-24-7-5-6-10-28(24)36(31)45)17-18-30-34(32)39(48)43(37(30)46)27-14-12-25(13-15-27)42-19-21-50-22-20-42/h2-17,30,32-35,45H,18-23H2,1H3. The number of phenolic OH excluding ortho intramolecular Hbond substituents is 1. The summed E-state index contributed by atoms with van der Waals surface area (Å²) in [5, 5.41) is 13.4. The van der Waals surface area contributed by atoms with Gasteiger partial charge in [-0.2, -0.15) is 0 Å². The van der Waals surface area contributed by atoms with Gasteiger partial charge in [-0.1, -0.05) is 66.2 Å². The van der Waals surface area contributed by atoms with Crippen LogP contribution in [0.2, 0.25) is 0 Å². The van der Waals surface area contributed by atoms with Crippen molar-refractivity contribution in [1.82, 2.24) is 0 Å². The largest absolute Gasteiger partial charge is 0.507 e. The summed E-state index contributed by atoms with van der Waals surface area (Å²) in [4.78, 5) is 62.6. The first-order valence-corrected chi connectivity index (χ1v) is 17.4. The number of aromatic hydroxyl groups is 1. The lowest BCUT2D eigenvalue weighted by atomic mass is 9.51. The number of phenols is 1. The molecule has 4 aromatic carbocycles. The molecule has 2 aliphatic carbocycles. The van der Waals surface area contributed by atoms with Gasteiger partial charge in [-0.25, -0.2) is 4.90 Å². The maximum atomic E-state index is 14.7. The number of nitrogens with zero attached hydrogens (tertiary/aromatic N) is 3. The van der Waals surface area contributed by atoms with Gasteiger partial charge in [0.2, 0.25) is 23.6 Å². The molecule has 4 amide bonds. The van der Waals surface area contributed by atoms with Gasteiger partial charge >= 0.3 is 0 Å². The van der Waals surface area contributed by atoms with E-state index in [1.54, 1.807) is 24.3 Å². The normalized spacial score (nSPS) is 29.3. The van der Waals surface area contributed by atoms with Crippen molar-refractivity contribution in [3.63, 3.8) is 0 Å². The molecule has 3 saturated heterocycles. The molecule has 4 fully saturated rings. The smallest absolute Gasteiger partial charge is 0.241 e. The minimum atomic E-state index is -1.23. The highest BCUT2D eigenvalue weighted by atomic mass is 16.5. The summed E-state index contributed by atoms with van der Waals surface area (Å²) in [6.07, 6.45) is 2.61. The lowest BCUT2D eigenvalue weighted by Gasteiger charge is -2.49. The summed E-state index contributed by atoms with van der Waals surface area (Å²) in [6.45, 7) is 4.70. The highest BCUT2D eigenvalue weighted by Gasteiger charge is 2.68. The van der Waals surface area contributed by atoms with E-state index in [4.69, 9.17) is 4.74 Å². The van der Waals surface area contributed by atoms with Crippen LogP contribution in [0.5, 0.6) is 5.75 Å². The quantitative estimate of drug-likeness (QED) is 0.216. The number of allylic oxidation sites excluding steroid dienone is 2. The molecule has 3 aliphatic heterocycles. The molecule has 0 radical (unpaired) electrons. The molecule has 6 unspecified atom stereocenters. The van der Waals surface area contributed by atoms with Gasteiger partial charge in [-0.15, -0.1) is 0 Å². The summed E-state index contributed by atoms with van der Waals surface area (Å²) < 4.78 is 5.49. The summed E-state index contributed by atoms with van der Waals surface area (Å²) in [5.41, 5.74) is 2.19. The second kappa shape index (κ2) is 11.4. The average molecular weight is 668 g/mol. The van der Waals surface area contributed by atoms with Crippen LogP contribution in [-0.2, 0) is 23.9 Å². The number of amides is 4. The molecule has 1 N–H and O–H groups in total. The van der Waals surface area contributed by atoms with E-state index in [0.717, 1.165) is 29.7 Å². The topological polar surface area (TPSA) is 107 Å². The Morgan fingerprint density at radius 2 is 1.40 bits per heavy atom. The van der Waals surface area contributed by atoms with Crippen LogP contribution < -0.4 is 14.7 Å². The zero-order chi connectivity index (χ0) is 34.3. The number of carbonyl (C=O) groups is 4. The van der Waals surface area contributed by atoms with E-state index >= 15 is 0 Å². The van der Waals surface area contributed by atoms with Crippen LogP contribution >= 0.6 is 0 Å². The zero-order valence-electron chi connectivity index (χ0n) is 27.7. The van der Waals surface area contributed by atoms with Crippen LogP contribution in [0.4, 0.5) is 17.1 Å². The van der Waals surface area contributed by atoms with Crippen LogP contribution in [0.15, 0.2) is 103 Å². The van der Waals surface area contributed by atoms with Crippen LogP contribution in [0, 0.1) is 29.1 Å². The second-order valence-electron chi connectivity index (χ2n) is 14.3. The Kier molecular flexibility index (Phi) is 7.00. The minimum Gasteiger partial charge on any atom is -0.507 e. The molecular weight excluding hydrogens is 630 g/mol. The lowest BCUT2D eigenvalue weighted by Crippen LogP contribution is -2.48. The molecule has 252 valence electrons. The van der Waals surface area contributed by atoms with Gasteiger partial charge in [0.1, 0.15) is 5.75 Å². The number of carbonyl (C=O) groups excluding carboxylic acids is 4. The summed E-state index contributed by atoms with van der Waals surface area (Å²) in [7, 11) is 0. The summed E-state index contributed by atoms with van der Waals surface area (Å²) in [6, 6.07) is 27.8. The SMILES string of the molecule is CC12C(=O)N(c3ccccc3)C(=O)C1CC1C(=CCC3C(=O)N(c4ccc(N5CCOCC5)cc4)C(=O)C31)C2c1ccc2ccccc2c1O. The number of para-hydroxylation sites is 1. The van der Waals surface area contributed by atoms with Crippen molar-refractivity contribution in [2.24, 2.45) is 29.1 Å². The second-order valence-corrected chi connectivity index (χ2v) is 14.3. The molecular formula is C41H37N3O6. The number of fused-ring (bicyclic) bond motifs is 5. The maximum absolute atomic E-state index is 14.7. The van der Waals surface area contributed by atoms with Crippen LogP contribution in [0.25, 0.3) is 10.8 Å². The van der Waals surface area contributed by atoms with Gasteiger partial charge in [-0.05, 0) is 67.5 Å². The summed E-state index contributed by atoms with van der Waals surface area (Å²) in [5.74, 6) is -4.30. The molecule has 9 rings (SSSR count). The van der Waals surface area contributed by atoms with Gasteiger partial charge < -0.3 is 14.7 Å². The first-order valence-electron chi connectivity index (χ1n) is 17.4. The number of rotatable bonds is 4. The fourth-order valence-electron chi connectivity index (χ4n) is 9.58. The van der Waals surface area contributed by atoms with Gasteiger partial charge in [0.05, 0.1) is 47.8 Å². The molecule has 0 bridgehead atoms. The van der Waals surface area contributed by atoms with Gasteiger partial charge in [0, 0.05) is 35.6 Å². The van der Waals surface area contributed by atoms with Gasteiger partial charge in [-0.3, -0.25) is 24.1 Å². The minimum absolute atomic E-state index is 0.0611. The number of hydrogen-bond acceptors (Lipinski definition) is 7. The van der Waals surface area contributed by atoms with E-state index in [1.807, 2.05) is 79.7 Å². The number of anilines is 3. The number of benzene rings is 4. The fourth-order valence-corrected chi connectivity index (χ4v) is 9.58. The van der Waals surface area contributed by atoms with E-state index in [0.29, 0.717) is 42.0 Å². The number of ether oxygens (including phenoxy) is 1. The Morgan fingerprint density at radius 1 is 0.720 bits per heavy atom. The summed E-state index contributed by atoms with van der Waals surface area (Å²) >= 11 is 0. The first-order chi connectivity index (χ1) is 24.3. The monoisotopic (exact) mass is 667 g/mol. The fraction of sp³-hybridized carbons (Fsp3) is 0.317. The van der Waals surface area contributed by atoms with Gasteiger partial charge in [0.15, 0.2) is 0 Å². The predicted molar refractivity (Wildman–Crippen MR) is 189 cm³/mol. The highest BCUT2D eigenvalue weighted by molar-refractivity contribution is 6.25. The average Bonchev–Trinajstić information content (AvgIpc) is 3.52. The molecule has 5 aliphatic rings. The van der Waals surface area contributed by atoms with Crippen molar-refractivity contribution in [1.29, 1.82) is 0 Å². The molecule has 9 heteroatoms. The number of hydrogen-bond donors (Lipinski definition) is 1. The molecule has 1 saturated carbocycles. The molecule has 50 heavy (non-hydrogen) atoms. The van der Waals surface area contributed by atoms with Crippen LogP contribution in [-0.4, -0.2) is 55.0 Å². The van der Waals surface area contributed by atoms with E-state index in [9.17, 15) is 24.3 Å². The number of morpholine rings is 1. The highest BCUT2D eigenvalue weighted by Crippen LogP contribution is 2.64. The maximum Gasteiger partial charge on any atom is 0.241 e. The van der Waals surface area contributed by atoms with Crippen molar-refractivity contribution in [2.75, 3.05) is 41.0 Å². The molecule has 4 aromatic rings. The third-order valence-corrected chi connectivity index (χ3v) is 12.0. The Bertz CT molecular complexity index is 2110. The van der Waals surface area contributed by atoms with E-state index in [2.05, 4.69) is 4.90 Å². The van der Waals surface area contributed by atoms with Crippen molar-refractivity contribution < 1.29 is 29.0 Å². The van der Waals surface area contributed by atoms with Crippen molar-refractivity contribution in [2.45, 2.75) is 25.7 Å². The van der Waals surface area contributed by atoms with E-state index in [1.165, 1.54) is 9.80 Å². The van der Waals surface area contributed by atoms with E-state index in [-0.39, 0.29) is 35.8 Å². The third-order valence-electron chi connectivity index (χ3n) is 12.0. The Labute approximate surface area is 289 Å². The van der Waals surface area contributed by atoms with Gasteiger partial charge in [0.25, 0.3) is 0 Å². The molecule has 3 heterocycles.